The van der Waals surface area contributed by atoms with E-state index < -0.39 is 42.4 Å². The van der Waals surface area contributed by atoms with Crippen LogP contribution in [-0.2, 0) is 39.7 Å². The molecule has 6 N–H and O–H groups in total. The molecular weight excluding hydrogens is 338 g/mol. The number of thiol groups is 1. The van der Waals surface area contributed by atoms with Crippen LogP contribution in [0.5, 0.6) is 0 Å². The number of nitrogens with two attached hydrogens (primary N) is 1. The summed E-state index contributed by atoms with van der Waals surface area (Å²) in [5.41, 5.74) is 5.25. The summed E-state index contributed by atoms with van der Waals surface area (Å²) in [4.78, 5) is 44.2. The highest BCUT2D eigenvalue weighted by Gasteiger charge is 2.21. The Kier molecular flexibility index (Phi) is 9.98. The van der Waals surface area contributed by atoms with E-state index in [0.29, 0.717) is 0 Å². The largest absolute Gasteiger partial charge is 0.480 e. The Labute approximate surface area is 132 Å². The summed E-state index contributed by atoms with van der Waals surface area (Å²) in [6.45, 7) is -0.615. The van der Waals surface area contributed by atoms with Crippen molar-refractivity contribution in [2.75, 3.05) is 12.3 Å². The maximum atomic E-state index is 11.7. The van der Waals surface area contributed by atoms with Gasteiger partial charge in [0.15, 0.2) is 0 Å². The van der Waals surface area contributed by atoms with Crippen molar-refractivity contribution in [2.45, 2.75) is 24.9 Å². The summed E-state index contributed by atoms with van der Waals surface area (Å²) in [6.07, 6.45) is -0.323. The molecule has 0 aromatic rings. The van der Waals surface area contributed by atoms with E-state index in [1.165, 1.54) is 0 Å². The first-order valence-electron chi connectivity index (χ1n) is 6.01. The first-order chi connectivity index (χ1) is 10.3. The zero-order valence-corrected chi connectivity index (χ0v) is 13.1. The number of rotatable bonds is 10. The number of hydrogen-bond donors (Lipinski definition) is 6. The molecule has 0 fully saturated rings. The van der Waals surface area contributed by atoms with Crippen LogP contribution < -0.4 is 16.4 Å². The maximum absolute atomic E-state index is 11.7. The third kappa shape index (κ3) is 9.20. The first-order valence-corrected chi connectivity index (χ1v) is 8.43. The SMILES string of the molecule is N[C@@H](CCC(=O)N[C@@H](C[SH]=S=O)C(=O)NCC(=O)O)C(=O)O. The van der Waals surface area contributed by atoms with E-state index in [1.807, 2.05) is 0 Å². The molecule has 126 valence electrons. The topological polar surface area (TPSA) is 176 Å². The van der Waals surface area contributed by atoms with Crippen molar-refractivity contribution in [3.05, 3.63) is 0 Å². The van der Waals surface area contributed by atoms with Gasteiger partial charge in [0.2, 0.25) is 11.8 Å². The number of aliphatic carboxylic acids is 2. The van der Waals surface area contributed by atoms with Crippen LogP contribution in [0.2, 0.25) is 0 Å². The fraction of sp³-hybridized carbons (Fsp3) is 0.600. The normalized spacial score (nSPS) is 12.8. The molecule has 2 atom stereocenters. The van der Waals surface area contributed by atoms with Crippen molar-refractivity contribution in [3.63, 3.8) is 0 Å². The van der Waals surface area contributed by atoms with Gasteiger partial charge in [0.1, 0.15) is 28.9 Å². The van der Waals surface area contributed by atoms with Gasteiger partial charge in [-0.2, -0.15) is 0 Å². The van der Waals surface area contributed by atoms with E-state index in [4.69, 9.17) is 15.9 Å². The average molecular weight is 355 g/mol. The number of carbonyl (C=O) groups is 4. The van der Waals surface area contributed by atoms with Crippen LogP contribution in [0.4, 0.5) is 0 Å². The number of hydrogen-bond acceptors (Lipinski definition) is 6. The molecule has 0 spiro atoms. The Bertz CT molecular complexity index is 493. The third-order valence-corrected chi connectivity index (χ3v) is 3.76. The molecule has 0 heterocycles. The van der Waals surface area contributed by atoms with Crippen LogP contribution >= 0.6 is 0 Å². The molecule has 0 radical (unpaired) electrons. The molecule has 0 saturated heterocycles. The highest BCUT2D eigenvalue weighted by Crippen LogP contribution is 1.96. The van der Waals surface area contributed by atoms with Crippen LogP contribution in [0.15, 0.2) is 0 Å². The summed E-state index contributed by atoms with van der Waals surface area (Å²) in [5.74, 6) is -3.85. The molecule has 0 aliphatic heterocycles. The summed E-state index contributed by atoms with van der Waals surface area (Å²) in [6, 6.07) is -2.27. The second-order valence-electron chi connectivity index (χ2n) is 4.10. The first kappa shape index (κ1) is 20.2. The van der Waals surface area contributed by atoms with E-state index in [0.717, 1.165) is 0 Å². The third-order valence-electron chi connectivity index (χ3n) is 2.37. The standard InChI is InChI=1S/C10H17N3O7S2/c11-5(10(18)19)1-2-7(14)13-6(4-21-22-20)9(17)12-3-8(15)16/h5-6,21H,1-4,11H2,(H,12,17)(H,13,14)(H,15,16)(H,18,19)/t5-,6-/m0/s1. The Morgan fingerprint density at radius 3 is 2.36 bits per heavy atom. The lowest BCUT2D eigenvalue weighted by molar-refractivity contribution is -0.139. The lowest BCUT2D eigenvalue weighted by Gasteiger charge is -2.16. The summed E-state index contributed by atoms with van der Waals surface area (Å²) in [5, 5.41) is 21.5. The van der Waals surface area contributed by atoms with Gasteiger partial charge in [-0.1, -0.05) is 0 Å². The van der Waals surface area contributed by atoms with Crippen LogP contribution in [0.25, 0.3) is 0 Å². The molecule has 0 aromatic carbocycles. The lowest BCUT2D eigenvalue weighted by Crippen LogP contribution is -2.50. The number of carboxylic acid groups (broad SMARTS) is 2. The second-order valence-corrected chi connectivity index (χ2v) is 6.10. The van der Waals surface area contributed by atoms with Crippen molar-refractivity contribution in [2.24, 2.45) is 5.73 Å². The molecule has 2 amide bonds. The van der Waals surface area contributed by atoms with Gasteiger partial charge in [-0.25, -0.2) is 4.21 Å². The fourth-order valence-corrected chi connectivity index (χ4v) is 2.36. The molecule has 0 aromatic heterocycles. The van der Waals surface area contributed by atoms with E-state index in [-0.39, 0.29) is 39.1 Å². The van der Waals surface area contributed by atoms with Gasteiger partial charge in [0, 0.05) is 12.2 Å². The van der Waals surface area contributed by atoms with E-state index in [1.54, 1.807) is 0 Å². The number of nitrogens with one attached hydrogen (secondary N) is 2. The summed E-state index contributed by atoms with van der Waals surface area (Å²) in [7, 11) is 0.482. The van der Waals surface area contributed by atoms with Crippen LogP contribution in [0, 0.1) is 0 Å². The quantitative estimate of drug-likeness (QED) is 0.222. The minimum Gasteiger partial charge on any atom is -0.480 e. The van der Waals surface area contributed by atoms with Gasteiger partial charge < -0.3 is 26.6 Å². The molecule has 0 rings (SSSR count). The molecule has 10 nitrogen and oxygen atoms in total. The molecule has 22 heavy (non-hydrogen) atoms. The highest BCUT2D eigenvalue weighted by molar-refractivity contribution is 8.20. The zero-order valence-electron chi connectivity index (χ0n) is 11.4. The smallest absolute Gasteiger partial charge is 0.322 e. The van der Waals surface area contributed by atoms with Gasteiger partial charge in [0.05, 0.1) is 0 Å². The van der Waals surface area contributed by atoms with Crippen molar-refractivity contribution >= 4 is 44.3 Å². The van der Waals surface area contributed by atoms with Crippen molar-refractivity contribution < 1.29 is 33.6 Å². The van der Waals surface area contributed by atoms with Gasteiger partial charge >= 0.3 is 11.9 Å². The molecule has 12 heteroatoms. The van der Waals surface area contributed by atoms with Crippen molar-refractivity contribution in [3.8, 4) is 0 Å². The van der Waals surface area contributed by atoms with Gasteiger partial charge in [-0.15, -0.1) is 10.3 Å². The Morgan fingerprint density at radius 1 is 1.23 bits per heavy atom. The number of amides is 2. The molecule has 0 aliphatic rings. The molecule has 0 saturated carbocycles. The predicted molar refractivity (Wildman–Crippen MR) is 79.2 cm³/mol. The van der Waals surface area contributed by atoms with Crippen LogP contribution in [0.1, 0.15) is 12.8 Å². The highest BCUT2D eigenvalue weighted by atomic mass is 32.8. The number of carboxylic acids is 2. The molecule has 0 bridgehead atoms. The molecular formula is C10H17N3O7S2. The maximum Gasteiger partial charge on any atom is 0.322 e. The Hall–Kier alpha value is -1.79. The minimum atomic E-state index is -1.25. The summed E-state index contributed by atoms with van der Waals surface area (Å²) >= 11 is 0. The van der Waals surface area contributed by atoms with E-state index >= 15 is 0 Å². The van der Waals surface area contributed by atoms with Crippen molar-refractivity contribution in [1.29, 1.82) is 0 Å². The number of carbonyl (C=O) groups excluding carboxylic acids is 2. The molecule has 0 aliphatic carbocycles. The lowest BCUT2D eigenvalue weighted by atomic mass is 10.1. The van der Waals surface area contributed by atoms with E-state index in [9.17, 15) is 23.4 Å². The van der Waals surface area contributed by atoms with Crippen LogP contribution in [-0.4, -0.2) is 62.6 Å². The average Bonchev–Trinajstić information content (AvgIpc) is 2.46. The monoisotopic (exact) mass is 355 g/mol. The predicted octanol–water partition coefficient (Wildman–Crippen LogP) is -3.19. The van der Waals surface area contributed by atoms with Gasteiger partial charge in [0.25, 0.3) is 0 Å². The summed E-state index contributed by atoms with van der Waals surface area (Å²) < 4.78 is 10.4. The van der Waals surface area contributed by atoms with Crippen molar-refractivity contribution in [1.82, 2.24) is 10.6 Å². The Balaban J connectivity index is 4.53. The van der Waals surface area contributed by atoms with Gasteiger partial charge in [-0.05, 0) is 6.42 Å². The minimum absolute atomic E-state index is 0.00363. The fourth-order valence-electron chi connectivity index (χ4n) is 1.26. The zero-order chi connectivity index (χ0) is 17.1. The Morgan fingerprint density at radius 2 is 1.86 bits per heavy atom. The molecule has 0 unspecified atom stereocenters. The van der Waals surface area contributed by atoms with E-state index in [2.05, 4.69) is 10.6 Å². The second kappa shape index (κ2) is 10.9. The van der Waals surface area contributed by atoms with Crippen LogP contribution in [0.3, 0.4) is 0 Å². The van der Waals surface area contributed by atoms with Gasteiger partial charge in [-0.3, -0.25) is 19.2 Å².